The van der Waals surface area contributed by atoms with Gasteiger partial charge < -0.3 is 30.1 Å². The van der Waals surface area contributed by atoms with E-state index in [9.17, 15) is 33.3 Å². The Balaban J connectivity index is 1.49. The van der Waals surface area contributed by atoms with Gasteiger partial charge in [0.2, 0.25) is 0 Å². The predicted molar refractivity (Wildman–Crippen MR) is 128 cm³/mol. The number of phenols is 2. The Hall–Kier alpha value is -4.16. The van der Waals surface area contributed by atoms with Crippen molar-refractivity contribution in [2.24, 2.45) is 0 Å². The lowest BCUT2D eigenvalue weighted by molar-refractivity contribution is -0.274. The summed E-state index contributed by atoms with van der Waals surface area (Å²) in [7, 11) is 0. The number of carbonyl (C=O) groups excluding carboxylic acids is 1. The average molecular weight is 521 g/mol. The summed E-state index contributed by atoms with van der Waals surface area (Å²) in [6, 6.07) is 13.3. The summed E-state index contributed by atoms with van der Waals surface area (Å²) in [4.78, 5) is 12.3. The maximum absolute atomic E-state index is 12.3. The molecule has 3 aromatic rings. The van der Waals surface area contributed by atoms with Crippen LogP contribution in [0.5, 0.6) is 23.0 Å². The number of aliphatic hydroxyl groups is 1. The van der Waals surface area contributed by atoms with Gasteiger partial charge in [-0.1, -0.05) is 6.07 Å². The molecule has 0 bridgehead atoms. The molecule has 0 aliphatic heterocycles. The monoisotopic (exact) mass is 521 g/mol. The number of hydrazine groups is 1. The number of aliphatic hydroxyl groups excluding tert-OH is 1. The van der Waals surface area contributed by atoms with E-state index in [1.165, 1.54) is 30.3 Å². The second kappa shape index (κ2) is 11.7. The molecular formula is C25H26F3N3O6. The third kappa shape index (κ3) is 8.19. The van der Waals surface area contributed by atoms with Crippen LogP contribution in [0.1, 0.15) is 34.5 Å². The van der Waals surface area contributed by atoms with Crippen molar-refractivity contribution < 1.29 is 42.8 Å². The number of anilines is 1. The van der Waals surface area contributed by atoms with E-state index in [2.05, 4.69) is 20.9 Å². The first-order chi connectivity index (χ1) is 17.4. The van der Waals surface area contributed by atoms with E-state index in [1.807, 2.05) is 0 Å². The molecule has 0 saturated heterocycles. The molecule has 0 aliphatic rings. The second-order valence-electron chi connectivity index (χ2n) is 8.09. The Kier molecular flexibility index (Phi) is 8.69. The maximum atomic E-state index is 12.3. The van der Waals surface area contributed by atoms with Crippen molar-refractivity contribution in [2.75, 3.05) is 11.9 Å². The van der Waals surface area contributed by atoms with Crippen molar-refractivity contribution in [2.45, 2.75) is 32.5 Å². The van der Waals surface area contributed by atoms with Crippen LogP contribution in [0.4, 0.5) is 18.9 Å². The molecule has 0 aliphatic carbocycles. The number of hydrogen-bond donors (Lipinski definition) is 6. The molecule has 0 fully saturated rings. The first-order valence-electron chi connectivity index (χ1n) is 11.0. The number of carbonyl (C=O) groups is 1. The Labute approximate surface area is 210 Å². The van der Waals surface area contributed by atoms with Gasteiger partial charge in [-0.25, -0.2) is 5.43 Å². The Morgan fingerprint density at radius 3 is 2.27 bits per heavy atom. The van der Waals surface area contributed by atoms with Crippen LogP contribution in [-0.4, -0.2) is 40.4 Å². The van der Waals surface area contributed by atoms with Crippen LogP contribution in [0, 0.1) is 6.92 Å². The molecular weight excluding hydrogens is 495 g/mol. The minimum absolute atomic E-state index is 0.0850. The van der Waals surface area contributed by atoms with Crippen LogP contribution in [0.3, 0.4) is 0 Å². The molecule has 0 aromatic heterocycles. The molecule has 0 spiro atoms. The minimum atomic E-state index is -4.79. The van der Waals surface area contributed by atoms with E-state index >= 15 is 0 Å². The molecule has 6 N–H and O–H groups in total. The van der Waals surface area contributed by atoms with Crippen LogP contribution in [0.2, 0.25) is 0 Å². The third-order valence-electron chi connectivity index (χ3n) is 5.16. The van der Waals surface area contributed by atoms with E-state index < -0.39 is 30.3 Å². The first-order valence-corrected chi connectivity index (χ1v) is 11.0. The number of rotatable bonds is 10. The van der Waals surface area contributed by atoms with Crippen LogP contribution in [0.15, 0.2) is 60.7 Å². The molecule has 0 saturated carbocycles. The number of amides is 1. The largest absolute Gasteiger partial charge is 0.573 e. The van der Waals surface area contributed by atoms with Crippen molar-refractivity contribution in [3.05, 3.63) is 77.4 Å². The fourth-order valence-electron chi connectivity index (χ4n) is 3.27. The molecule has 37 heavy (non-hydrogen) atoms. The summed E-state index contributed by atoms with van der Waals surface area (Å²) < 4.78 is 45.8. The molecule has 3 rings (SSSR count). The highest BCUT2D eigenvalue weighted by atomic mass is 19.4. The summed E-state index contributed by atoms with van der Waals surface area (Å²) in [5.74, 6) is -0.612. The molecule has 2 unspecified atom stereocenters. The van der Waals surface area contributed by atoms with Gasteiger partial charge in [-0.2, -0.15) is 0 Å². The normalized spacial score (nSPS) is 12.9. The van der Waals surface area contributed by atoms with Gasteiger partial charge in [0.15, 0.2) is 6.23 Å². The van der Waals surface area contributed by atoms with E-state index in [4.69, 9.17) is 4.74 Å². The van der Waals surface area contributed by atoms with Gasteiger partial charge >= 0.3 is 6.36 Å². The first kappa shape index (κ1) is 27.4. The van der Waals surface area contributed by atoms with Gasteiger partial charge in [-0.15, -0.1) is 13.2 Å². The van der Waals surface area contributed by atoms with E-state index in [1.54, 1.807) is 32.0 Å². The quantitative estimate of drug-likeness (QED) is 0.174. The summed E-state index contributed by atoms with van der Waals surface area (Å²) in [5.41, 5.74) is 7.11. The highest BCUT2D eigenvalue weighted by molar-refractivity contribution is 5.94. The zero-order chi connectivity index (χ0) is 27.2. The molecule has 9 nitrogen and oxygen atoms in total. The highest BCUT2D eigenvalue weighted by Crippen LogP contribution is 2.28. The minimum Gasteiger partial charge on any atom is -0.508 e. The third-order valence-corrected chi connectivity index (χ3v) is 5.16. The Morgan fingerprint density at radius 1 is 0.973 bits per heavy atom. The number of alkyl halides is 3. The lowest BCUT2D eigenvalue weighted by Gasteiger charge is -2.19. The number of benzene rings is 3. The van der Waals surface area contributed by atoms with Crippen LogP contribution >= 0.6 is 0 Å². The summed E-state index contributed by atoms with van der Waals surface area (Å²) in [5, 5.41) is 32.9. The number of ether oxygens (including phenoxy) is 2. The van der Waals surface area contributed by atoms with Gasteiger partial charge in [0, 0.05) is 22.9 Å². The number of aryl methyl sites for hydroxylation is 1. The van der Waals surface area contributed by atoms with Crippen LogP contribution in [-0.2, 0) is 0 Å². The second-order valence-corrected chi connectivity index (χ2v) is 8.09. The lowest BCUT2D eigenvalue weighted by atomic mass is 10.1. The summed E-state index contributed by atoms with van der Waals surface area (Å²) >= 11 is 0. The average Bonchev–Trinajstić information content (AvgIpc) is 2.82. The summed E-state index contributed by atoms with van der Waals surface area (Å²) in [6.07, 6.45) is -5.99. The number of nitrogens with one attached hydrogen (secondary N) is 3. The number of phenolic OH excluding ortho intramolecular Hbond substituents is 2. The Bertz CT molecular complexity index is 1220. The van der Waals surface area contributed by atoms with Crippen LogP contribution in [0.25, 0.3) is 0 Å². The Morgan fingerprint density at radius 2 is 1.65 bits per heavy atom. The van der Waals surface area contributed by atoms with Crippen molar-refractivity contribution >= 4 is 11.6 Å². The van der Waals surface area contributed by atoms with E-state index in [0.29, 0.717) is 22.4 Å². The van der Waals surface area contributed by atoms with Gasteiger partial charge in [-0.3, -0.25) is 10.2 Å². The van der Waals surface area contributed by atoms with Gasteiger partial charge in [0.1, 0.15) is 29.6 Å². The van der Waals surface area contributed by atoms with Crippen molar-refractivity contribution in [3.63, 3.8) is 0 Å². The smallest absolute Gasteiger partial charge is 0.508 e. The molecule has 0 radical (unpaired) electrons. The molecule has 12 heteroatoms. The van der Waals surface area contributed by atoms with Crippen LogP contribution < -0.4 is 25.6 Å². The van der Waals surface area contributed by atoms with Crippen molar-refractivity contribution in [1.29, 1.82) is 0 Å². The van der Waals surface area contributed by atoms with Gasteiger partial charge in [0.25, 0.3) is 5.91 Å². The lowest BCUT2D eigenvalue weighted by Crippen LogP contribution is -2.39. The SMILES string of the molecule is Cc1cc(C(=O)NNC(C)c2ccc(NC(O)COc3ccc(OC(F)(F)F)cc3)cc2O)ccc1O. The zero-order valence-corrected chi connectivity index (χ0v) is 19.8. The summed E-state index contributed by atoms with van der Waals surface area (Å²) in [6.45, 7) is 3.16. The van der Waals surface area contributed by atoms with Crippen molar-refractivity contribution in [3.8, 4) is 23.0 Å². The van der Waals surface area contributed by atoms with E-state index in [0.717, 1.165) is 12.1 Å². The zero-order valence-electron chi connectivity index (χ0n) is 19.8. The van der Waals surface area contributed by atoms with Gasteiger partial charge in [0.05, 0.1) is 6.04 Å². The maximum Gasteiger partial charge on any atom is 0.573 e. The number of halogens is 3. The molecule has 3 aromatic carbocycles. The molecule has 0 heterocycles. The molecule has 1 amide bonds. The highest BCUT2D eigenvalue weighted by Gasteiger charge is 2.31. The predicted octanol–water partition coefficient (Wildman–Crippen LogP) is 4.11. The topological polar surface area (TPSA) is 132 Å². The number of hydrogen-bond acceptors (Lipinski definition) is 8. The van der Waals surface area contributed by atoms with E-state index in [-0.39, 0.29) is 23.9 Å². The number of aromatic hydroxyl groups is 2. The van der Waals surface area contributed by atoms with Crippen molar-refractivity contribution in [1.82, 2.24) is 10.9 Å². The molecule has 198 valence electrons. The fraction of sp³-hybridized carbons (Fsp3) is 0.240. The standard InChI is InChI=1S/C25H26F3N3O6/c1-14-11-16(3-10-21(14)32)24(35)31-30-15(2)20-9-4-17(12-22(20)33)29-23(34)13-36-18-5-7-19(8-6-18)37-25(26,27)28/h3-12,15,23,29-30,32-34H,13H2,1-2H3,(H,31,35). The molecule has 2 atom stereocenters. The fourth-order valence-corrected chi connectivity index (χ4v) is 3.27. The van der Waals surface area contributed by atoms with Gasteiger partial charge in [-0.05, 0) is 67.9 Å².